The van der Waals surface area contributed by atoms with E-state index in [2.05, 4.69) is 53.9 Å². The molecule has 0 radical (unpaired) electrons. The first-order valence-electron chi connectivity index (χ1n) is 10.5. The van der Waals surface area contributed by atoms with E-state index in [1.54, 1.807) is 0 Å². The van der Waals surface area contributed by atoms with Crippen molar-refractivity contribution in [1.29, 1.82) is 0 Å². The Morgan fingerprint density at radius 2 is 1.38 bits per heavy atom. The molecule has 0 fully saturated rings. The van der Waals surface area contributed by atoms with Crippen LogP contribution in [0.25, 0.3) is 0 Å². The van der Waals surface area contributed by atoms with Gasteiger partial charge >= 0.3 is 17.1 Å². The molecule has 0 aromatic rings. The van der Waals surface area contributed by atoms with Gasteiger partial charge in [-0.25, -0.2) is 0 Å². The van der Waals surface area contributed by atoms with E-state index in [0.717, 1.165) is 19.4 Å². The lowest BCUT2D eigenvalue weighted by Gasteiger charge is -2.35. The first-order chi connectivity index (χ1) is 12.2. The van der Waals surface area contributed by atoms with Crippen molar-refractivity contribution in [3.8, 4) is 0 Å². The fourth-order valence-corrected chi connectivity index (χ4v) is 9.06. The number of hydrogen-bond donors (Lipinski definition) is 0. The van der Waals surface area contributed by atoms with E-state index in [9.17, 15) is 0 Å². The van der Waals surface area contributed by atoms with Crippen LogP contribution in [0.4, 0.5) is 0 Å². The van der Waals surface area contributed by atoms with Crippen molar-refractivity contribution in [2.75, 3.05) is 6.61 Å². The van der Waals surface area contributed by atoms with Crippen molar-refractivity contribution < 1.29 is 13.0 Å². The van der Waals surface area contributed by atoms with Crippen molar-refractivity contribution in [1.82, 2.24) is 0 Å². The summed E-state index contributed by atoms with van der Waals surface area (Å²) in [5.41, 5.74) is 3.75. The summed E-state index contributed by atoms with van der Waals surface area (Å²) in [6.45, 7) is 21.6. The SMILES string of the molecule is C=C[Si](C)(OCCCCCCCCC)O[Si](C)(C=C)OC(C)CC(C)C. The summed E-state index contributed by atoms with van der Waals surface area (Å²) in [7, 11) is -4.91. The first-order valence-corrected chi connectivity index (χ1v) is 15.3. The van der Waals surface area contributed by atoms with Gasteiger partial charge in [0.25, 0.3) is 0 Å². The minimum absolute atomic E-state index is 0.163. The quantitative estimate of drug-likeness (QED) is 0.198. The van der Waals surface area contributed by atoms with Crippen LogP contribution in [0.5, 0.6) is 0 Å². The minimum atomic E-state index is -2.47. The third-order valence-electron chi connectivity index (χ3n) is 4.52. The molecule has 3 unspecified atom stereocenters. The van der Waals surface area contributed by atoms with Crippen LogP contribution in [0.1, 0.15) is 79.1 Å². The van der Waals surface area contributed by atoms with Crippen LogP contribution < -0.4 is 0 Å². The highest BCUT2D eigenvalue weighted by Crippen LogP contribution is 2.22. The van der Waals surface area contributed by atoms with Crippen molar-refractivity contribution >= 4 is 17.1 Å². The molecule has 3 nitrogen and oxygen atoms in total. The van der Waals surface area contributed by atoms with Crippen LogP contribution in [0, 0.1) is 5.92 Å². The van der Waals surface area contributed by atoms with Crippen molar-refractivity contribution in [3.63, 3.8) is 0 Å². The molecule has 0 spiro atoms. The van der Waals surface area contributed by atoms with Gasteiger partial charge in [0.15, 0.2) is 0 Å². The molecule has 0 heterocycles. The second-order valence-electron chi connectivity index (χ2n) is 8.07. The third kappa shape index (κ3) is 12.2. The fourth-order valence-electron chi connectivity index (χ4n) is 3.09. The molecular formula is C21H44O3Si2. The molecule has 0 aliphatic heterocycles. The lowest BCUT2D eigenvalue weighted by Crippen LogP contribution is -2.51. The Bertz CT molecular complexity index is 389. The topological polar surface area (TPSA) is 27.7 Å². The molecule has 0 aliphatic carbocycles. The average molecular weight is 401 g/mol. The lowest BCUT2D eigenvalue weighted by atomic mass is 10.1. The molecule has 26 heavy (non-hydrogen) atoms. The second kappa shape index (κ2) is 13.9. The van der Waals surface area contributed by atoms with Crippen LogP contribution in [-0.4, -0.2) is 29.8 Å². The van der Waals surface area contributed by atoms with E-state index >= 15 is 0 Å². The van der Waals surface area contributed by atoms with Crippen LogP contribution in [0.3, 0.4) is 0 Å². The summed E-state index contributed by atoms with van der Waals surface area (Å²) in [6.07, 6.45) is 10.1. The highest BCUT2D eigenvalue weighted by atomic mass is 28.5. The Morgan fingerprint density at radius 1 is 0.846 bits per heavy atom. The zero-order valence-corrected chi connectivity index (χ0v) is 20.3. The van der Waals surface area contributed by atoms with Gasteiger partial charge in [-0.05, 0) is 38.8 Å². The van der Waals surface area contributed by atoms with Gasteiger partial charge in [0.1, 0.15) is 0 Å². The largest absolute Gasteiger partial charge is 0.409 e. The Labute approximate surface area is 165 Å². The van der Waals surface area contributed by atoms with Gasteiger partial charge in [-0.2, -0.15) is 0 Å². The molecule has 0 bridgehead atoms. The molecule has 154 valence electrons. The molecule has 0 N–H and O–H groups in total. The Balaban J connectivity index is 4.38. The molecule has 0 saturated carbocycles. The van der Waals surface area contributed by atoms with Gasteiger partial charge in [0.05, 0.1) is 0 Å². The number of rotatable bonds is 17. The molecule has 0 aliphatic rings. The zero-order chi connectivity index (χ0) is 20.1. The highest BCUT2D eigenvalue weighted by molar-refractivity contribution is 6.84. The van der Waals surface area contributed by atoms with Crippen molar-refractivity contribution in [2.45, 2.75) is 98.3 Å². The van der Waals surface area contributed by atoms with E-state index < -0.39 is 17.1 Å². The van der Waals surface area contributed by atoms with Gasteiger partial charge in [-0.1, -0.05) is 70.7 Å². The summed E-state index contributed by atoms with van der Waals surface area (Å²) in [5, 5.41) is 0. The molecule has 0 saturated heterocycles. The Hall–Kier alpha value is -0.206. The van der Waals surface area contributed by atoms with Gasteiger partial charge in [-0.15, -0.1) is 13.2 Å². The van der Waals surface area contributed by atoms with E-state index in [-0.39, 0.29) is 6.10 Å². The van der Waals surface area contributed by atoms with E-state index in [4.69, 9.17) is 13.0 Å². The monoisotopic (exact) mass is 400 g/mol. The molecule has 3 atom stereocenters. The smallest absolute Gasteiger partial charge is 0.352 e. The number of unbranched alkanes of at least 4 members (excludes halogenated alkanes) is 6. The summed E-state index contributed by atoms with van der Waals surface area (Å²) < 4.78 is 18.9. The van der Waals surface area contributed by atoms with Crippen LogP contribution in [-0.2, 0) is 13.0 Å². The molecule has 0 rings (SSSR count). The average Bonchev–Trinajstić information content (AvgIpc) is 2.56. The second-order valence-corrected chi connectivity index (χ2v) is 14.3. The summed E-state index contributed by atoms with van der Waals surface area (Å²) in [4.78, 5) is 0. The van der Waals surface area contributed by atoms with Gasteiger partial charge in [0.2, 0.25) is 0 Å². The van der Waals surface area contributed by atoms with Crippen LogP contribution in [0.2, 0.25) is 13.1 Å². The first kappa shape index (κ1) is 25.8. The maximum atomic E-state index is 6.43. The van der Waals surface area contributed by atoms with Crippen molar-refractivity contribution in [2.24, 2.45) is 5.92 Å². The summed E-state index contributed by atoms with van der Waals surface area (Å²) in [6, 6.07) is 0. The van der Waals surface area contributed by atoms with Crippen molar-refractivity contribution in [3.05, 3.63) is 24.6 Å². The highest BCUT2D eigenvalue weighted by Gasteiger charge is 2.40. The summed E-state index contributed by atoms with van der Waals surface area (Å²) in [5.74, 6) is 0.602. The maximum absolute atomic E-state index is 6.43. The van der Waals surface area contributed by atoms with Crippen LogP contribution in [0.15, 0.2) is 24.6 Å². The van der Waals surface area contributed by atoms with E-state index in [1.807, 2.05) is 11.4 Å². The predicted octanol–water partition coefficient (Wildman–Crippen LogP) is 6.82. The maximum Gasteiger partial charge on any atom is 0.352 e. The Kier molecular flexibility index (Phi) is 13.8. The summed E-state index contributed by atoms with van der Waals surface area (Å²) >= 11 is 0. The third-order valence-corrected chi connectivity index (χ3v) is 10.9. The standard InChI is InChI=1S/C21H44O3Si2/c1-9-12-13-14-15-16-17-18-22-25(7,10-2)24-26(8,11-3)23-21(6)19-20(4)5/h10-11,20-21H,2-3,9,12-19H2,1,4-8H3. The molecule has 5 heteroatoms. The number of hydrogen-bond acceptors (Lipinski definition) is 3. The molecule has 0 aromatic heterocycles. The Morgan fingerprint density at radius 3 is 1.88 bits per heavy atom. The van der Waals surface area contributed by atoms with Gasteiger partial charge in [-0.3, -0.25) is 0 Å². The lowest BCUT2D eigenvalue weighted by molar-refractivity contribution is 0.139. The molecular weight excluding hydrogens is 356 g/mol. The van der Waals surface area contributed by atoms with Crippen LogP contribution >= 0.6 is 0 Å². The van der Waals surface area contributed by atoms with Gasteiger partial charge in [0, 0.05) is 12.7 Å². The van der Waals surface area contributed by atoms with E-state index in [0.29, 0.717) is 5.92 Å². The zero-order valence-electron chi connectivity index (χ0n) is 18.3. The van der Waals surface area contributed by atoms with Gasteiger partial charge < -0.3 is 13.0 Å². The molecule has 0 aromatic carbocycles. The molecule has 0 amide bonds. The fraction of sp³-hybridized carbons (Fsp3) is 0.810. The predicted molar refractivity (Wildman–Crippen MR) is 119 cm³/mol. The van der Waals surface area contributed by atoms with E-state index in [1.165, 1.54) is 38.5 Å². The minimum Gasteiger partial charge on any atom is -0.409 e. The normalized spacial score (nSPS) is 17.5.